The fourth-order valence-electron chi connectivity index (χ4n) is 3.13. The van der Waals surface area contributed by atoms with Crippen molar-refractivity contribution in [3.05, 3.63) is 59.0 Å². The Kier molecular flexibility index (Phi) is 4.60. The third-order valence-corrected chi connectivity index (χ3v) is 5.47. The fourth-order valence-corrected chi connectivity index (χ4v) is 3.84. The van der Waals surface area contributed by atoms with Crippen LogP contribution < -0.4 is 15.0 Å². The Morgan fingerprint density at radius 1 is 1.25 bits per heavy atom. The lowest BCUT2D eigenvalue weighted by molar-refractivity contribution is -0.125. The van der Waals surface area contributed by atoms with Gasteiger partial charge in [0.25, 0.3) is 11.8 Å². The van der Waals surface area contributed by atoms with Crippen LogP contribution in [0.2, 0.25) is 0 Å². The molecule has 1 atom stereocenters. The zero-order valence-corrected chi connectivity index (χ0v) is 16.5. The number of amides is 2. The van der Waals surface area contributed by atoms with Crippen molar-refractivity contribution in [2.45, 2.75) is 20.0 Å². The molecule has 1 aliphatic rings. The van der Waals surface area contributed by atoms with E-state index in [9.17, 15) is 9.59 Å². The summed E-state index contributed by atoms with van der Waals surface area (Å²) < 4.78 is 5.66. The van der Waals surface area contributed by atoms with Crippen LogP contribution in [0.4, 0.5) is 10.8 Å². The van der Waals surface area contributed by atoms with Gasteiger partial charge in [-0.1, -0.05) is 18.2 Å². The molecule has 0 saturated carbocycles. The van der Waals surface area contributed by atoms with E-state index in [1.54, 1.807) is 24.9 Å². The number of benzene rings is 2. The summed E-state index contributed by atoms with van der Waals surface area (Å²) >= 11 is 1.36. The maximum absolute atomic E-state index is 12.5. The average molecular weight is 393 g/mol. The molecular formula is C21H19N3O3S. The predicted molar refractivity (Wildman–Crippen MR) is 110 cm³/mol. The van der Waals surface area contributed by atoms with Crippen molar-refractivity contribution in [3.8, 4) is 17.0 Å². The molecule has 1 N–H and O–H groups in total. The van der Waals surface area contributed by atoms with E-state index < -0.39 is 6.10 Å². The van der Waals surface area contributed by atoms with Gasteiger partial charge in [-0.3, -0.25) is 14.9 Å². The molecule has 2 heterocycles. The molecule has 6 nitrogen and oxygen atoms in total. The molecule has 2 amide bonds. The van der Waals surface area contributed by atoms with Crippen LogP contribution in [0.1, 0.15) is 22.8 Å². The van der Waals surface area contributed by atoms with Crippen molar-refractivity contribution in [2.24, 2.45) is 0 Å². The smallest absolute Gasteiger partial charge is 0.267 e. The number of thiazole rings is 1. The summed E-state index contributed by atoms with van der Waals surface area (Å²) in [7, 11) is 1.73. The molecule has 2 aromatic carbocycles. The van der Waals surface area contributed by atoms with Crippen LogP contribution >= 0.6 is 11.3 Å². The highest BCUT2D eigenvalue weighted by Gasteiger charge is 2.29. The number of carbonyl (C=O) groups excluding carboxylic acids is 2. The van der Waals surface area contributed by atoms with E-state index in [1.807, 2.05) is 48.7 Å². The SMILES string of the molecule is Cc1ccccc1C(=O)Nc1nc(-c2ccc3c(c2)N(C)C(=O)[C@H](C)O3)cs1. The third-order valence-electron chi connectivity index (χ3n) is 4.71. The van der Waals surface area contributed by atoms with Crippen molar-refractivity contribution in [3.63, 3.8) is 0 Å². The average Bonchev–Trinajstić information content (AvgIpc) is 3.15. The van der Waals surface area contributed by atoms with E-state index in [1.165, 1.54) is 11.3 Å². The number of carbonyl (C=O) groups is 2. The van der Waals surface area contributed by atoms with E-state index in [2.05, 4.69) is 10.3 Å². The van der Waals surface area contributed by atoms with Crippen molar-refractivity contribution < 1.29 is 14.3 Å². The Balaban J connectivity index is 1.58. The summed E-state index contributed by atoms with van der Waals surface area (Å²) in [6, 6.07) is 13.0. The Labute approximate surface area is 166 Å². The van der Waals surface area contributed by atoms with Gasteiger partial charge in [-0.05, 0) is 43.7 Å². The van der Waals surface area contributed by atoms with Gasteiger partial charge in [-0.25, -0.2) is 4.98 Å². The molecule has 142 valence electrons. The monoisotopic (exact) mass is 393 g/mol. The van der Waals surface area contributed by atoms with Crippen LogP contribution in [0.5, 0.6) is 5.75 Å². The van der Waals surface area contributed by atoms with Crippen LogP contribution in [-0.4, -0.2) is 29.9 Å². The molecule has 0 radical (unpaired) electrons. The number of rotatable bonds is 3. The summed E-state index contributed by atoms with van der Waals surface area (Å²) in [4.78, 5) is 30.8. The van der Waals surface area contributed by atoms with E-state index in [4.69, 9.17) is 4.74 Å². The van der Waals surface area contributed by atoms with Gasteiger partial charge in [0.2, 0.25) is 0 Å². The van der Waals surface area contributed by atoms with E-state index in [-0.39, 0.29) is 11.8 Å². The van der Waals surface area contributed by atoms with E-state index >= 15 is 0 Å². The van der Waals surface area contributed by atoms with Crippen LogP contribution in [0.25, 0.3) is 11.3 Å². The van der Waals surface area contributed by atoms with Crippen LogP contribution in [0.15, 0.2) is 47.8 Å². The molecule has 0 fully saturated rings. The zero-order chi connectivity index (χ0) is 19.8. The Hall–Kier alpha value is -3.19. The van der Waals surface area contributed by atoms with Gasteiger partial charge in [0.15, 0.2) is 11.2 Å². The molecule has 0 bridgehead atoms. The van der Waals surface area contributed by atoms with Crippen molar-refractivity contribution in [2.75, 3.05) is 17.3 Å². The highest BCUT2D eigenvalue weighted by atomic mass is 32.1. The highest BCUT2D eigenvalue weighted by Crippen LogP contribution is 2.37. The van der Waals surface area contributed by atoms with Gasteiger partial charge >= 0.3 is 0 Å². The van der Waals surface area contributed by atoms with Gasteiger partial charge in [-0.2, -0.15) is 0 Å². The second-order valence-electron chi connectivity index (χ2n) is 6.65. The lowest BCUT2D eigenvalue weighted by Crippen LogP contribution is -2.41. The molecule has 7 heteroatoms. The lowest BCUT2D eigenvalue weighted by atomic mass is 10.1. The molecule has 0 spiro atoms. The fraction of sp³-hybridized carbons (Fsp3) is 0.190. The number of aromatic nitrogens is 1. The summed E-state index contributed by atoms with van der Waals surface area (Å²) in [6.07, 6.45) is -0.495. The molecule has 1 aliphatic heterocycles. The number of anilines is 2. The van der Waals surface area contributed by atoms with Crippen LogP contribution in [0.3, 0.4) is 0 Å². The van der Waals surface area contributed by atoms with Crippen molar-refractivity contribution >= 4 is 34.0 Å². The Bertz CT molecular complexity index is 1080. The van der Waals surface area contributed by atoms with Gasteiger partial charge in [0, 0.05) is 23.6 Å². The molecule has 4 rings (SSSR count). The number of hydrogen-bond donors (Lipinski definition) is 1. The standard InChI is InChI=1S/C21H19N3O3S/c1-12-6-4-5-7-15(12)19(25)23-21-22-16(11-28-21)14-8-9-18-17(10-14)24(3)20(26)13(2)27-18/h4-11,13H,1-3H3,(H,22,23,25)/t13-/m0/s1. The number of ether oxygens (including phenoxy) is 1. The molecule has 28 heavy (non-hydrogen) atoms. The normalized spacial score (nSPS) is 15.8. The van der Waals surface area contributed by atoms with Gasteiger partial charge in [0.05, 0.1) is 11.4 Å². The number of nitrogens with zero attached hydrogens (tertiary/aromatic N) is 2. The zero-order valence-electron chi connectivity index (χ0n) is 15.7. The molecule has 0 saturated heterocycles. The first-order valence-corrected chi connectivity index (χ1v) is 9.73. The predicted octanol–water partition coefficient (Wildman–Crippen LogP) is 4.11. The summed E-state index contributed by atoms with van der Waals surface area (Å²) in [5, 5.41) is 5.25. The minimum absolute atomic E-state index is 0.0888. The topological polar surface area (TPSA) is 71.5 Å². The second-order valence-corrected chi connectivity index (χ2v) is 7.50. The molecular weight excluding hydrogens is 374 g/mol. The molecule has 3 aromatic rings. The Morgan fingerprint density at radius 2 is 2.04 bits per heavy atom. The maximum atomic E-state index is 12.5. The first-order chi connectivity index (χ1) is 13.4. The quantitative estimate of drug-likeness (QED) is 0.727. The van der Waals surface area contributed by atoms with Crippen molar-refractivity contribution in [1.29, 1.82) is 0 Å². The highest BCUT2D eigenvalue weighted by molar-refractivity contribution is 7.14. The van der Waals surface area contributed by atoms with Gasteiger partial charge in [0.1, 0.15) is 5.75 Å². The second kappa shape index (κ2) is 7.09. The minimum atomic E-state index is -0.495. The van der Waals surface area contributed by atoms with Crippen LogP contribution in [-0.2, 0) is 4.79 Å². The molecule has 0 aliphatic carbocycles. The minimum Gasteiger partial charge on any atom is -0.479 e. The first kappa shape index (κ1) is 18.2. The Morgan fingerprint density at radius 3 is 2.82 bits per heavy atom. The number of fused-ring (bicyclic) bond motifs is 1. The third kappa shape index (κ3) is 3.25. The van der Waals surface area contributed by atoms with E-state index in [0.29, 0.717) is 22.1 Å². The number of aryl methyl sites for hydroxylation is 1. The number of likely N-dealkylation sites (N-methyl/N-ethyl adjacent to an activating group) is 1. The summed E-state index contributed by atoms with van der Waals surface area (Å²) in [5.74, 6) is 0.396. The lowest BCUT2D eigenvalue weighted by Gasteiger charge is -2.30. The summed E-state index contributed by atoms with van der Waals surface area (Å²) in [5.41, 5.74) is 3.82. The number of nitrogens with one attached hydrogen (secondary N) is 1. The van der Waals surface area contributed by atoms with Gasteiger partial charge in [-0.15, -0.1) is 11.3 Å². The van der Waals surface area contributed by atoms with E-state index in [0.717, 1.165) is 16.8 Å². The first-order valence-electron chi connectivity index (χ1n) is 8.85. The number of hydrogen-bond acceptors (Lipinski definition) is 5. The molecule has 1 aromatic heterocycles. The van der Waals surface area contributed by atoms with Gasteiger partial charge < -0.3 is 9.64 Å². The largest absolute Gasteiger partial charge is 0.479 e. The van der Waals surface area contributed by atoms with Crippen molar-refractivity contribution in [1.82, 2.24) is 4.98 Å². The maximum Gasteiger partial charge on any atom is 0.267 e. The molecule has 0 unspecified atom stereocenters. The van der Waals surface area contributed by atoms with Crippen LogP contribution in [0, 0.1) is 6.92 Å². The summed E-state index contributed by atoms with van der Waals surface area (Å²) in [6.45, 7) is 3.63.